The van der Waals surface area contributed by atoms with Crippen LogP contribution in [0.1, 0.15) is 77.0 Å². The summed E-state index contributed by atoms with van der Waals surface area (Å²) in [5.74, 6) is -9.61. The molecule has 3 aliphatic heterocycles. The number of esters is 3. The van der Waals surface area contributed by atoms with Crippen molar-refractivity contribution in [3.05, 3.63) is 90.3 Å². The molecular weight excluding hydrogens is 925 g/mol. The zero-order valence-corrected chi connectivity index (χ0v) is 38.1. The quantitative estimate of drug-likeness (QED) is 0.0383. The third kappa shape index (κ3) is 11.6. The molecule has 0 saturated carbocycles. The van der Waals surface area contributed by atoms with Crippen LogP contribution in [-0.4, -0.2) is 111 Å². The van der Waals surface area contributed by atoms with Gasteiger partial charge in [-0.1, -0.05) is 0 Å². The molecule has 3 heterocycles. The summed E-state index contributed by atoms with van der Waals surface area (Å²) in [5, 5.41) is 40.9. The molecule has 21 heteroatoms. The van der Waals surface area contributed by atoms with Crippen molar-refractivity contribution in [1.29, 1.82) is 21.0 Å². The summed E-state index contributed by atoms with van der Waals surface area (Å²) in [4.78, 5) is 53.5. The second-order valence-electron chi connectivity index (χ2n) is 17.9. The first-order chi connectivity index (χ1) is 33.7. The van der Waals surface area contributed by atoms with Crippen LogP contribution in [0.25, 0.3) is 9.69 Å². The van der Waals surface area contributed by atoms with Crippen molar-refractivity contribution in [3.8, 4) is 24.3 Å². The molecule has 0 N–H and O–H groups in total. The molecule has 0 aromatic rings. The van der Waals surface area contributed by atoms with Crippen molar-refractivity contribution >= 4 is 17.9 Å². The van der Waals surface area contributed by atoms with Gasteiger partial charge in [-0.25, -0.2) is 45.6 Å². The Kier molecular flexibility index (Phi) is 17.8. The molecule has 0 bridgehead atoms. The van der Waals surface area contributed by atoms with Gasteiger partial charge in [0, 0.05) is 74.1 Å². The number of ether oxygens (including phenoxy) is 3. The number of rotatable bonds is 15. The molecule has 0 amide bonds. The van der Waals surface area contributed by atoms with Gasteiger partial charge in [-0.3, -0.25) is 4.79 Å². The maximum absolute atomic E-state index is 14.3. The van der Waals surface area contributed by atoms with Crippen LogP contribution in [0, 0.1) is 82.1 Å². The van der Waals surface area contributed by atoms with Crippen LogP contribution < -0.4 is 0 Å². The summed E-state index contributed by atoms with van der Waals surface area (Å²) in [6.07, 6.45) is -6.33. The van der Waals surface area contributed by atoms with Gasteiger partial charge in [0.15, 0.2) is 5.70 Å². The van der Waals surface area contributed by atoms with E-state index in [0.29, 0.717) is 39.3 Å². The van der Waals surface area contributed by atoms with E-state index >= 15 is 0 Å². The molecule has 3 aliphatic carbocycles. The second-order valence-corrected chi connectivity index (χ2v) is 17.9. The van der Waals surface area contributed by atoms with E-state index < -0.39 is 117 Å². The van der Waals surface area contributed by atoms with Crippen LogP contribution in [0.3, 0.4) is 0 Å². The van der Waals surface area contributed by atoms with E-state index in [9.17, 15) is 61.8 Å². The number of hydrogen-bond acceptors (Lipinski definition) is 13. The predicted molar refractivity (Wildman–Crippen MR) is 233 cm³/mol. The lowest BCUT2D eigenvalue weighted by Gasteiger charge is -2.32. The average Bonchev–Trinajstić information content (AvgIpc) is 4.20. The molecule has 368 valence electrons. The van der Waals surface area contributed by atoms with E-state index in [1.165, 1.54) is 0 Å². The lowest BCUT2D eigenvalue weighted by atomic mass is 9.81. The summed E-state index contributed by atoms with van der Waals surface area (Å²) in [5.41, 5.74) is -2.70. The first-order valence-corrected chi connectivity index (χ1v) is 23.1. The second kappa shape index (κ2) is 23.9. The van der Waals surface area contributed by atoms with Crippen molar-refractivity contribution in [1.82, 2.24) is 14.7 Å². The number of halogens is 6. The van der Waals surface area contributed by atoms with E-state index in [1.807, 2.05) is 12.1 Å². The summed E-state index contributed by atoms with van der Waals surface area (Å²) in [7, 11) is 0. The Balaban J connectivity index is 1.33. The standard InChI is InChI=1S/C49H49F6N9O6/c1-60-42-34(17-31(46(54)55)20-41(42)64-13-7-8-14-64)43(61-2)49(67)70-27-28(25-68-47(65)37(23-58)32-15-29(44(50)51)18-39(35(32)21-56)62-9-3-4-10-62)26-69-48(66)38(24-59)33-16-30(45(52)53)19-40(36(33)22-57)63-11-5-6-12-63/h28-31,44-46H,3-20,25-27H2/b37-32+,38-33+,43-34-. The van der Waals surface area contributed by atoms with Crippen molar-refractivity contribution in [2.24, 2.45) is 23.7 Å². The largest absolute Gasteiger partial charge is 0.470 e. The predicted octanol–water partition coefficient (Wildman–Crippen LogP) is 8.04. The van der Waals surface area contributed by atoms with Crippen molar-refractivity contribution < 1.29 is 54.9 Å². The average molecular weight is 974 g/mol. The number of carbonyl (C=O) groups is 3. The molecule has 6 rings (SSSR count). The van der Waals surface area contributed by atoms with E-state index in [2.05, 4.69) is 9.69 Å². The molecule has 3 saturated heterocycles. The van der Waals surface area contributed by atoms with E-state index in [4.69, 9.17) is 27.4 Å². The van der Waals surface area contributed by atoms with Gasteiger partial charge in [0.1, 0.15) is 48.6 Å². The third-order valence-corrected chi connectivity index (χ3v) is 13.6. The molecular formula is C49H49F6N9O6. The third-order valence-electron chi connectivity index (χ3n) is 13.6. The maximum atomic E-state index is 14.3. The zero-order valence-electron chi connectivity index (χ0n) is 38.1. The van der Waals surface area contributed by atoms with Crippen LogP contribution in [0.15, 0.2) is 67.5 Å². The first kappa shape index (κ1) is 52.1. The summed E-state index contributed by atoms with van der Waals surface area (Å²) >= 11 is 0. The highest BCUT2D eigenvalue weighted by molar-refractivity contribution is 5.96. The van der Waals surface area contributed by atoms with Gasteiger partial charge in [0.05, 0.1) is 36.8 Å². The highest BCUT2D eigenvalue weighted by atomic mass is 19.3. The fourth-order valence-electron chi connectivity index (χ4n) is 9.93. The van der Waals surface area contributed by atoms with Crippen molar-refractivity contribution in [3.63, 3.8) is 0 Å². The molecule has 3 fully saturated rings. The van der Waals surface area contributed by atoms with Crippen LogP contribution in [0.2, 0.25) is 0 Å². The van der Waals surface area contributed by atoms with E-state index in [1.54, 1.807) is 26.8 Å². The van der Waals surface area contributed by atoms with Crippen LogP contribution >= 0.6 is 0 Å². The van der Waals surface area contributed by atoms with Crippen molar-refractivity contribution in [2.45, 2.75) is 96.3 Å². The van der Waals surface area contributed by atoms with E-state index in [0.717, 1.165) is 38.5 Å². The Morgan fingerprint density at radius 2 is 0.886 bits per heavy atom. The SMILES string of the molecule is [C-]#[N+]C1=C(N2CCCC2)CC(C(F)F)C/C1=C(/[N+]#[C-])C(=O)OCC(COC(=O)/C(C#N)=C1\CC(C(F)F)CC(N2CCCC2)=C1C#N)COC(=O)/C(C#N)=C1\CC(C(F)F)CC(N2CCCC2)=C1C#N. The van der Waals surface area contributed by atoms with Gasteiger partial charge >= 0.3 is 17.9 Å². The molecule has 0 aromatic carbocycles. The number of carbonyl (C=O) groups excluding carboxylic acids is 3. The van der Waals surface area contributed by atoms with Crippen LogP contribution in [-0.2, 0) is 28.6 Å². The summed E-state index contributed by atoms with van der Waals surface area (Å²) in [6, 6.07) is 7.27. The van der Waals surface area contributed by atoms with Gasteiger partial charge in [0.25, 0.3) is 5.70 Å². The Morgan fingerprint density at radius 3 is 1.21 bits per heavy atom. The Bertz CT molecular complexity index is 2270. The first-order valence-electron chi connectivity index (χ1n) is 23.1. The normalized spacial score (nSPS) is 24.4. The lowest BCUT2D eigenvalue weighted by molar-refractivity contribution is -0.148. The molecule has 70 heavy (non-hydrogen) atoms. The number of allylic oxidation sites excluding steroid dienone is 8. The van der Waals surface area contributed by atoms with Gasteiger partial charge in [-0.2, -0.15) is 21.0 Å². The fourth-order valence-corrected chi connectivity index (χ4v) is 9.93. The minimum Gasteiger partial charge on any atom is -0.470 e. The molecule has 0 spiro atoms. The Morgan fingerprint density at radius 1 is 0.543 bits per heavy atom. The minimum atomic E-state index is -2.88. The topological polar surface area (TPSA) is 192 Å². The highest BCUT2D eigenvalue weighted by Crippen LogP contribution is 2.44. The highest BCUT2D eigenvalue weighted by Gasteiger charge is 2.40. The van der Waals surface area contributed by atoms with Gasteiger partial charge in [0.2, 0.25) is 19.3 Å². The molecule has 15 nitrogen and oxygen atoms in total. The summed E-state index contributed by atoms with van der Waals surface area (Å²) < 4.78 is 102. The number of likely N-dealkylation sites (tertiary alicyclic amines) is 3. The maximum Gasteiger partial charge on any atom is 0.349 e. The fraction of sp³-hybridized carbons (Fsp3) is 0.571. The smallest absolute Gasteiger partial charge is 0.349 e. The molecule has 3 atom stereocenters. The lowest BCUT2D eigenvalue weighted by Crippen LogP contribution is -2.31. The zero-order chi connectivity index (χ0) is 50.6. The molecule has 6 aliphatic rings. The molecule has 0 aromatic heterocycles. The summed E-state index contributed by atoms with van der Waals surface area (Å²) in [6.45, 7) is 16.1. The van der Waals surface area contributed by atoms with Gasteiger partial charge in [-0.05, 0) is 93.8 Å². The number of nitrogens with zero attached hydrogens (tertiary/aromatic N) is 9. The van der Waals surface area contributed by atoms with E-state index in [-0.39, 0.29) is 69.9 Å². The van der Waals surface area contributed by atoms with Gasteiger partial charge in [-0.15, -0.1) is 0 Å². The van der Waals surface area contributed by atoms with Crippen molar-refractivity contribution in [2.75, 3.05) is 59.1 Å². The minimum absolute atomic E-state index is 0.128. The number of nitriles is 4. The van der Waals surface area contributed by atoms with Crippen LogP contribution in [0.5, 0.6) is 0 Å². The molecule has 0 radical (unpaired) electrons. The Hall–Kier alpha value is -7.23. The number of alkyl halides is 6. The van der Waals surface area contributed by atoms with Gasteiger partial charge < -0.3 is 28.9 Å². The Labute approximate surface area is 401 Å². The molecule has 3 unspecified atom stereocenters. The monoisotopic (exact) mass is 973 g/mol. The number of hydrogen-bond donors (Lipinski definition) is 0. The van der Waals surface area contributed by atoms with Crippen LogP contribution in [0.4, 0.5) is 26.3 Å².